The maximum Gasteiger partial charge on any atom is 0.194 e. The Labute approximate surface area is 101 Å². The maximum absolute atomic E-state index is 10.7. The molecule has 0 aliphatic carbocycles. The van der Waals surface area contributed by atoms with Gasteiger partial charge < -0.3 is 14.5 Å². The highest BCUT2D eigenvalue weighted by atomic mass is 32.1. The van der Waals surface area contributed by atoms with Gasteiger partial charge in [-0.1, -0.05) is 17.4 Å². The smallest absolute Gasteiger partial charge is 0.194 e. The van der Waals surface area contributed by atoms with Crippen molar-refractivity contribution in [2.45, 2.75) is 0 Å². The molecular weight excluding hydrogens is 236 g/mol. The zero-order valence-corrected chi connectivity index (χ0v) is 9.48. The van der Waals surface area contributed by atoms with Crippen LogP contribution in [0.25, 0.3) is 15.3 Å². The maximum atomic E-state index is 10.7. The van der Waals surface area contributed by atoms with E-state index in [1.807, 2.05) is 29.1 Å². The molecule has 5 heteroatoms. The van der Waals surface area contributed by atoms with E-state index in [9.17, 15) is 9.90 Å². The summed E-state index contributed by atoms with van der Waals surface area (Å²) in [5.74, 6) is -1.16. The second-order valence-electron chi connectivity index (χ2n) is 3.56. The van der Waals surface area contributed by atoms with Gasteiger partial charge in [-0.25, -0.2) is 4.98 Å². The van der Waals surface area contributed by atoms with Crippen LogP contribution in [0.4, 0.5) is 0 Å². The summed E-state index contributed by atoms with van der Waals surface area (Å²) in [5.41, 5.74) is 0.976. The molecule has 0 bridgehead atoms. The molecule has 0 N–H and O–H groups in total. The van der Waals surface area contributed by atoms with E-state index in [0.29, 0.717) is 0 Å². The van der Waals surface area contributed by atoms with E-state index in [1.54, 1.807) is 12.1 Å². The third kappa shape index (κ3) is 1.70. The normalized spacial score (nSPS) is 10.8. The third-order valence-electron chi connectivity index (χ3n) is 2.44. The highest BCUT2D eigenvalue weighted by Crippen LogP contribution is 2.25. The molecule has 2 heterocycles. The first-order valence-corrected chi connectivity index (χ1v) is 5.81. The van der Waals surface area contributed by atoms with Crippen LogP contribution in [0.5, 0.6) is 0 Å². The van der Waals surface area contributed by atoms with Crippen LogP contribution in [0.1, 0.15) is 10.4 Å². The molecule has 0 aliphatic heterocycles. The molecule has 0 atom stereocenters. The Morgan fingerprint density at radius 3 is 2.76 bits per heavy atom. The minimum Gasteiger partial charge on any atom is -0.545 e. The second kappa shape index (κ2) is 3.71. The van der Waals surface area contributed by atoms with E-state index in [4.69, 9.17) is 0 Å². The number of aromatic nitrogens is 2. The standard InChI is InChI=1S/C12H8N2O2S/c15-11(16)8-3-4-9-10(7-8)17-12(13-9)14-5-1-2-6-14/h1-7H,(H,15,16)/p-1. The number of aromatic carboxylic acids is 1. The molecule has 4 nitrogen and oxygen atoms in total. The van der Waals surface area contributed by atoms with Crippen LogP contribution in [-0.4, -0.2) is 15.5 Å². The van der Waals surface area contributed by atoms with Crippen molar-refractivity contribution in [1.82, 2.24) is 9.55 Å². The lowest BCUT2D eigenvalue weighted by atomic mass is 10.2. The van der Waals surface area contributed by atoms with Gasteiger partial charge in [-0.05, 0) is 29.8 Å². The van der Waals surface area contributed by atoms with Crippen molar-refractivity contribution in [2.24, 2.45) is 0 Å². The van der Waals surface area contributed by atoms with Gasteiger partial charge in [0.2, 0.25) is 0 Å². The van der Waals surface area contributed by atoms with Gasteiger partial charge in [0, 0.05) is 12.4 Å². The molecule has 0 amide bonds. The van der Waals surface area contributed by atoms with Gasteiger partial charge in [0.05, 0.1) is 16.2 Å². The third-order valence-corrected chi connectivity index (χ3v) is 3.47. The first kappa shape index (κ1) is 10.0. The molecule has 0 spiro atoms. The quantitative estimate of drug-likeness (QED) is 0.684. The van der Waals surface area contributed by atoms with Crippen molar-refractivity contribution in [3.05, 3.63) is 48.3 Å². The number of hydrogen-bond donors (Lipinski definition) is 0. The Bertz CT molecular complexity index is 686. The van der Waals surface area contributed by atoms with Crippen LogP contribution >= 0.6 is 11.3 Å². The molecule has 0 fully saturated rings. The van der Waals surface area contributed by atoms with Gasteiger partial charge in [0.25, 0.3) is 0 Å². The van der Waals surface area contributed by atoms with E-state index >= 15 is 0 Å². The number of fused-ring (bicyclic) bond motifs is 1. The fourth-order valence-electron chi connectivity index (χ4n) is 1.61. The van der Waals surface area contributed by atoms with Gasteiger partial charge in [-0.2, -0.15) is 0 Å². The number of carboxylic acids is 1. The minimum atomic E-state index is -1.16. The average molecular weight is 243 g/mol. The second-order valence-corrected chi connectivity index (χ2v) is 4.57. The fraction of sp³-hybridized carbons (Fsp3) is 0. The van der Waals surface area contributed by atoms with E-state index in [-0.39, 0.29) is 5.56 Å². The molecule has 0 saturated heterocycles. The minimum absolute atomic E-state index is 0.181. The molecule has 0 radical (unpaired) electrons. The molecule has 84 valence electrons. The molecule has 0 unspecified atom stereocenters. The van der Waals surface area contributed by atoms with E-state index in [2.05, 4.69) is 4.98 Å². The Morgan fingerprint density at radius 2 is 2.06 bits per heavy atom. The van der Waals surface area contributed by atoms with Gasteiger partial charge in [-0.3, -0.25) is 0 Å². The first-order chi connectivity index (χ1) is 8.24. The van der Waals surface area contributed by atoms with Crippen LogP contribution in [0.2, 0.25) is 0 Å². The summed E-state index contributed by atoms with van der Waals surface area (Å²) < 4.78 is 2.74. The predicted molar refractivity (Wildman–Crippen MR) is 63.3 cm³/mol. The Balaban J connectivity index is 2.16. The Kier molecular flexibility index (Phi) is 2.19. The predicted octanol–water partition coefficient (Wildman–Crippen LogP) is 1.45. The number of benzene rings is 1. The number of carbonyl (C=O) groups is 1. The molecule has 3 aromatic rings. The topological polar surface area (TPSA) is 57.9 Å². The highest BCUT2D eigenvalue weighted by molar-refractivity contribution is 7.20. The summed E-state index contributed by atoms with van der Waals surface area (Å²) >= 11 is 1.45. The van der Waals surface area contributed by atoms with Crippen LogP contribution in [-0.2, 0) is 0 Å². The molecule has 1 aromatic carbocycles. The summed E-state index contributed by atoms with van der Waals surface area (Å²) in [7, 11) is 0. The van der Waals surface area contributed by atoms with Gasteiger partial charge in [-0.15, -0.1) is 0 Å². The van der Waals surface area contributed by atoms with Crippen molar-refractivity contribution in [1.29, 1.82) is 0 Å². The van der Waals surface area contributed by atoms with Crippen molar-refractivity contribution >= 4 is 27.5 Å². The summed E-state index contributed by atoms with van der Waals surface area (Å²) in [5, 5.41) is 11.6. The summed E-state index contributed by atoms with van der Waals surface area (Å²) in [6, 6.07) is 8.63. The SMILES string of the molecule is O=C([O-])c1ccc2nc(-n3cccc3)sc2c1. The molecular formula is C12H7N2O2S-. The summed E-state index contributed by atoms with van der Waals surface area (Å²) in [4.78, 5) is 15.2. The van der Waals surface area contributed by atoms with E-state index < -0.39 is 5.97 Å². The Morgan fingerprint density at radius 1 is 1.29 bits per heavy atom. The number of hydrogen-bond acceptors (Lipinski definition) is 4. The van der Waals surface area contributed by atoms with Crippen molar-refractivity contribution in [3.8, 4) is 5.13 Å². The average Bonchev–Trinajstić information content (AvgIpc) is 2.96. The van der Waals surface area contributed by atoms with Crippen LogP contribution < -0.4 is 5.11 Å². The van der Waals surface area contributed by atoms with Gasteiger partial charge in [0.1, 0.15) is 0 Å². The van der Waals surface area contributed by atoms with E-state index in [1.165, 1.54) is 17.4 Å². The Hall–Kier alpha value is -2.14. The number of carbonyl (C=O) groups excluding carboxylic acids is 1. The largest absolute Gasteiger partial charge is 0.545 e. The van der Waals surface area contributed by atoms with Crippen LogP contribution in [0, 0.1) is 0 Å². The number of rotatable bonds is 2. The monoisotopic (exact) mass is 243 g/mol. The number of thiazole rings is 1. The van der Waals surface area contributed by atoms with Crippen molar-refractivity contribution < 1.29 is 9.90 Å². The number of carboxylic acid groups (broad SMARTS) is 1. The van der Waals surface area contributed by atoms with Crippen LogP contribution in [0.3, 0.4) is 0 Å². The van der Waals surface area contributed by atoms with Gasteiger partial charge >= 0.3 is 0 Å². The molecule has 2 aromatic heterocycles. The molecule has 0 aliphatic rings. The fourth-order valence-corrected chi connectivity index (χ4v) is 2.58. The van der Waals surface area contributed by atoms with Crippen molar-refractivity contribution in [2.75, 3.05) is 0 Å². The summed E-state index contributed by atoms with van der Waals surface area (Å²) in [6.45, 7) is 0. The van der Waals surface area contributed by atoms with Crippen molar-refractivity contribution in [3.63, 3.8) is 0 Å². The molecule has 17 heavy (non-hydrogen) atoms. The van der Waals surface area contributed by atoms with Crippen LogP contribution in [0.15, 0.2) is 42.7 Å². The lowest BCUT2D eigenvalue weighted by Crippen LogP contribution is -2.21. The lowest BCUT2D eigenvalue weighted by Gasteiger charge is -1.99. The number of nitrogens with zero attached hydrogens (tertiary/aromatic N) is 2. The highest BCUT2D eigenvalue weighted by Gasteiger charge is 2.05. The summed E-state index contributed by atoms with van der Waals surface area (Å²) in [6.07, 6.45) is 3.80. The molecule has 3 rings (SSSR count). The first-order valence-electron chi connectivity index (χ1n) is 4.99. The van der Waals surface area contributed by atoms with E-state index in [0.717, 1.165) is 15.3 Å². The molecule has 0 saturated carbocycles. The van der Waals surface area contributed by atoms with Gasteiger partial charge in [0.15, 0.2) is 5.13 Å². The zero-order chi connectivity index (χ0) is 11.8. The lowest BCUT2D eigenvalue weighted by molar-refractivity contribution is -0.255. The zero-order valence-electron chi connectivity index (χ0n) is 8.66.